The third kappa shape index (κ3) is 4.97. The number of amides is 2. The van der Waals surface area contributed by atoms with Gasteiger partial charge in [0.1, 0.15) is 19.2 Å². The first-order valence-corrected chi connectivity index (χ1v) is 6.87. The van der Waals surface area contributed by atoms with Crippen LogP contribution in [0.2, 0.25) is 0 Å². The smallest absolute Gasteiger partial charge is 0.242 e. The van der Waals surface area contributed by atoms with Crippen LogP contribution in [0, 0.1) is 12.3 Å². The molecule has 2 amide bonds. The van der Waals surface area contributed by atoms with Crippen LogP contribution in [0.3, 0.4) is 0 Å². The van der Waals surface area contributed by atoms with Gasteiger partial charge in [-0.3, -0.25) is 9.59 Å². The average molecular weight is 303 g/mol. The Bertz CT molecular complexity index is 582. The zero-order chi connectivity index (χ0) is 15.8. The molecule has 116 valence electrons. The van der Waals surface area contributed by atoms with Crippen LogP contribution in [0.4, 0.5) is 0 Å². The molecule has 0 aromatic carbocycles. The second-order valence-electron chi connectivity index (χ2n) is 4.86. The highest BCUT2D eigenvalue weighted by atomic mass is 16.2. The van der Waals surface area contributed by atoms with Crippen molar-refractivity contribution in [3.8, 4) is 12.3 Å². The fourth-order valence-corrected chi connectivity index (χ4v) is 1.83. The van der Waals surface area contributed by atoms with Crippen molar-refractivity contribution in [3.63, 3.8) is 0 Å². The van der Waals surface area contributed by atoms with Crippen LogP contribution in [-0.4, -0.2) is 45.3 Å². The molecule has 1 aromatic heterocycles. The van der Waals surface area contributed by atoms with E-state index in [1.165, 1.54) is 17.3 Å². The van der Waals surface area contributed by atoms with Crippen LogP contribution in [0.5, 0.6) is 0 Å². The number of rotatable bonds is 9. The van der Waals surface area contributed by atoms with Gasteiger partial charge in [0.2, 0.25) is 11.8 Å². The molecular formula is C13H17N7O2. The molecule has 0 unspecified atom stereocenters. The molecule has 0 fully saturated rings. The lowest BCUT2D eigenvalue weighted by Crippen LogP contribution is -2.39. The minimum atomic E-state index is -0.407. The van der Waals surface area contributed by atoms with Gasteiger partial charge in [-0.1, -0.05) is 0 Å². The SMILES string of the molecule is C#CCCC1(CCNC(=O)CNC(=O)Cn2cncn2)N=N1. The molecule has 2 heterocycles. The number of hydrogen-bond acceptors (Lipinski definition) is 6. The Balaban J connectivity index is 1.56. The first-order valence-electron chi connectivity index (χ1n) is 6.87. The maximum atomic E-state index is 11.6. The Kier molecular flexibility index (Phi) is 5.19. The lowest BCUT2D eigenvalue weighted by atomic mass is 10.0. The van der Waals surface area contributed by atoms with Gasteiger partial charge >= 0.3 is 0 Å². The standard InChI is InChI=1S/C13H17N7O2/c1-2-3-4-13(18-19-13)5-6-15-11(21)7-16-12(22)8-20-10-14-9-17-20/h1,9-10H,3-8H2,(H,15,21)(H,16,22). The minimum Gasteiger partial charge on any atom is -0.354 e. The molecule has 9 nitrogen and oxygen atoms in total. The average Bonchev–Trinajstić information content (AvgIpc) is 3.08. The van der Waals surface area contributed by atoms with Crippen molar-refractivity contribution in [3.05, 3.63) is 12.7 Å². The maximum absolute atomic E-state index is 11.6. The van der Waals surface area contributed by atoms with E-state index in [2.05, 4.69) is 36.9 Å². The van der Waals surface area contributed by atoms with Crippen molar-refractivity contribution < 1.29 is 9.59 Å². The van der Waals surface area contributed by atoms with E-state index < -0.39 is 5.66 Å². The number of nitrogens with one attached hydrogen (secondary N) is 2. The largest absolute Gasteiger partial charge is 0.354 e. The molecule has 1 aliphatic rings. The lowest BCUT2D eigenvalue weighted by molar-refractivity contribution is -0.126. The molecule has 9 heteroatoms. The molecule has 0 saturated carbocycles. The van der Waals surface area contributed by atoms with Gasteiger partial charge in [-0.25, -0.2) is 9.67 Å². The summed E-state index contributed by atoms with van der Waals surface area (Å²) in [5, 5.41) is 17.0. The third-order valence-corrected chi connectivity index (χ3v) is 3.12. The maximum Gasteiger partial charge on any atom is 0.242 e. The summed E-state index contributed by atoms with van der Waals surface area (Å²) in [5.41, 5.74) is -0.407. The fraction of sp³-hybridized carbons (Fsp3) is 0.538. The summed E-state index contributed by atoms with van der Waals surface area (Å²) in [7, 11) is 0. The predicted octanol–water partition coefficient (Wildman–Crippen LogP) is -0.524. The van der Waals surface area contributed by atoms with Crippen LogP contribution >= 0.6 is 0 Å². The molecule has 0 aliphatic carbocycles. The zero-order valence-corrected chi connectivity index (χ0v) is 12.0. The first-order chi connectivity index (χ1) is 10.6. The van der Waals surface area contributed by atoms with Gasteiger partial charge in [0.15, 0.2) is 5.66 Å². The summed E-state index contributed by atoms with van der Waals surface area (Å²) in [6, 6.07) is 0. The van der Waals surface area contributed by atoms with Gasteiger partial charge in [-0.15, -0.1) is 12.3 Å². The van der Waals surface area contributed by atoms with E-state index in [0.29, 0.717) is 25.8 Å². The van der Waals surface area contributed by atoms with Gasteiger partial charge in [0.05, 0.1) is 6.54 Å². The van der Waals surface area contributed by atoms with E-state index in [-0.39, 0.29) is 24.9 Å². The van der Waals surface area contributed by atoms with Crippen LogP contribution in [0.15, 0.2) is 22.9 Å². The predicted molar refractivity (Wildman–Crippen MR) is 76.3 cm³/mol. The summed E-state index contributed by atoms with van der Waals surface area (Å²) in [6.07, 6.45) is 9.90. The monoisotopic (exact) mass is 303 g/mol. The summed E-state index contributed by atoms with van der Waals surface area (Å²) in [6.45, 7) is 0.384. The van der Waals surface area contributed by atoms with E-state index >= 15 is 0 Å². The number of aromatic nitrogens is 3. The number of terminal acetylenes is 1. The Labute approximate surface area is 127 Å². The molecule has 0 radical (unpaired) electrons. The highest BCUT2D eigenvalue weighted by Gasteiger charge is 2.38. The molecule has 1 aliphatic heterocycles. The van der Waals surface area contributed by atoms with Gasteiger partial charge in [0.25, 0.3) is 0 Å². The van der Waals surface area contributed by atoms with Crippen LogP contribution in [-0.2, 0) is 16.1 Å². The van der Waals surface area contributed by atoms with Crippen molar-refractivity contribution in [2.75, 3.05) is 13.1 Å². The third-order valence-electron chi connectivity index (χ3n) is 3.12. The van der Waals surface area contributed by atoms with E-state index in [0.717, 1.165) is 0 Å². The normalized spacial score (nSPS) is 14.1. The van der Waals surface area contributed by atoms with Crippen LogP contribution in [0.1, 0.15) is 19.3 Å². The number of hydrogen-bond donors (Lipinski definition) is 2. The summed E-state index contributed by atoms with van der Waals surface area (Å²) in [4.78, 5) is 26.9. The second kappa shape index (κ2) is 7.31. The van der Waals surface area contributed by atoms with Crippen molar-refractivity contribution in [2.24, 2.45) is 10.2 Å². The van der Waals surface area contributed by atoms with Crippen LogP contribution in [0.25, 0.3) is 0 Å². The summed E-state index contributed by atoms with van der Waals surface area (Å²) in [5.74, 6) is 1.98. The molecule has 22 heavy (non-hydrogen) atoms. The van der Waals surface area contributed by atoms with E-state index in [1.807, 2.05) is 0 Å². The van der Waals surface area contributed by atoms with Crippen molar-refractivity contribution in [1.29, 1.82) is 0 Å². The Morgan fingerprint density at radius 2 is 2.05 bits per heavy atom. The molecule has 1 aromatic rings. The van der Waals surface area contributed by atoms with Gasteiger partial charge in [0, 0.05) is 25.8 Å². The highest BCUT2D eigenvalue weighted by molar-refractivity contribution is 5.84. The van der Waals surface area contributed by atoms with E-state index in [9.17, 15) is 9.59 Å². The van der Waals surface area contributed by atoms with Gasteiger partial charge in [-0.05, 0) is 0 Å². The number of nitrogens with zero attached hydrogens (tertiary/aromatic N) is 5. The molecule has 2 rings (SSSR count). The Morgan fingerprint density at radius 1 is 1.23 bits per heavy atom. The molecule has 0 saturated heterocycles. The fourth-order valence-electron chi connectivity index (χ4n) is 1.83. The molecule has 0 atom stereocenters. The lowest BCUT2D eigenvalue weighted by Gasteiger charge is -2.10. The minimum absolute atomic E-state index is 0.0280. The molecule has 0 spiro atoms. The van der Waals surface area contributed by atoms with Crippen molar-refractivity contribution >= 4 is 11.8 Å². The molecule has 0 bridgehead atoms. The quantitative estimate of drug-likeness (QED) is 0.597. The zero-order valence-electron chi connectivity index (χ0n) is 12.0. The Hall–Kier alpha value is -2.76. The van der Waals surface area contributed by atoms with Crippen LogP contribution < -0.4 is 10.6 Å². The van der Waals surface area contributed by atoms with Gasteiger partial charge < -0.3 is 10.6 Å². The Morgan fingerprint density at radius 3 is 2.68 bits per heavy atom. The van der Waals surface area contributed by atoms with E-state index in [1.54, 1.807) is 0 Å². The number of carbonyl (C=O) groups is 2. The molecule has 2 N–H and O–H groups in total. The van der Waals surface area contributed by atoms with Crippen molar-refractivity contribution in [2.45, 2.75) is 31.5 Å². The van der Waals surface area contributed by atoms with Crippen molar-refractivity contribution in [1.82, 2.24) is 25.4 Å². The summed E-state index contributed by atoms with van der Waals surface area (Å²) < 4.78 is 1.37. The number of carbonyl (C=O) groups excluding carboxylic acids is 2. The molecular weight excluding hydrogens is 286 g/mol. The topological polar surface area (TPSA) is 114 Å². The first kappa shape index (κ1) is 15.6. The van der Waals surface area contributed by atoms with E-state index in [4.69, 9.17) is 6.42 Å². The summed E-state index contributed by atoms with van der Waals surface area (Å²) >= 11 is 0. The highest BCUT2D eigenvalue weighted by Crippen LogP contribution is 2.35. The second-order valence-corrected chi connectivity index (χ2v) is 4.86. The van der Waals surface area contributed by atoms with Gasteiger partial charge in [-0.2, -0.15) is 15.3 Å².